The van der Waals surface area contributed by atoms with Crippen molar-refractivity contribution in [1.82, 2.24) is 14.1 Å². The number of likely N-dealkylation sites (tertiary alicyclic amines) is 1. The molecule has 0 spiro atoms. The maximum Gasteiger partial charge on any atom is 0.260 e. The second-order valence-electron chi connectivity index (χ2n) is 9.02. The minimum absolute atomic E-state index is 0.266. The zero-order valence-corrected chi connectivity index (χ0v) is 20.4. The summed E-state index contributed by atoms with van der Waals surface area (Å²) in [5.41, 5.74) is 1.87. The quantitative estimate of drug-likeness (QED) is 0.620. The van der Waals surface area contributed by atoms with Crippen LogP contribution >= 0.6 is 0 Å². The third kappa shape index (κ3) is 4.92. The fourth-order valence-corrected chi connectivity index (χ4v) is 6.42. The zero-order valence-electron chi connectivity index (χ0n) is 19.5. The van der Waals surface area contributed by atoms with Crippen molar-refractivity contribution in [3.05, 3.63) is 65.0 Å². The second-order valence-corrected chi connectivity index (χ2v) is 10.9. The monoisotopic (exact) mass is 487 g/mol. The Labute approximate surface area is 200 Å². The van der Waals surface area contributed by atoms with E-state index in [1.165, 1.54) is 33.5 Å². The Morgan fingerprint density at radius 3 is 2.29 bits per heavy atom. The number of nitrogens with zero attached hydrogens (tertiary/aromatic N) is 3. The van der Waals surface area contributed by atoms with Gasteiger partial charge in [0.05, 0.1) is 10.9 Å². The summed E-state index contributed by atoms with van der Waals surface area (Å²) in [5, 5.41) is 0. The maximum absolute atomic E-state index is 13.4. The minimum atomic E-state index is -3.63. The molecule has 34 heavy (non-hydrogen) atoms. The van der Waals surface area contributed by atoms with E-state index in [0.717, 1.165) is 12.0 Å². The first-order valence-electron chi connectivity index (χ1n) is 11.6. The second kappa shape index (κ2) is 9.93. The van der Waals surface area contributed by atoms with Crippen LogP contribution in [0.25, 0.3) is 0 Å². The molecule has 0 aromatic heterocycles. The molecule has 4 rings (SSSR count). The van der Waals surface area contributed by atoms with Crippen molar-refractivity contribution >= 4 is 21.8 Å². The standard InChI is InChI=1S/C25H30FN3O4S/c1-18-6-7-19(2)23(17-18)34(32,33)28-15-13-27(14-16-28)22-5-3-4-12-29(25(22)31)24(30)20-8-10-21(26)11-9-20/h6-11,17,22H,3-5,12-16H2,1-2H3. The number of aryl methyl sites for hydroxylation is 2. The van der Waals surface area contributed by atoms with Crippen LogP contribution in [0.2, 0.25) is 0 Å². The average molecular weight is 488 g/mol. The van der Waals surface area contributed by atoms with Gasteiger partial charge in [-0.05, 0) is 74.6 Å². The molecule has 2 aliphatic rings. The summed E-state index contributed by atoms with van der Waals surface area (Å²) in [6, 6.07) is 10.1. The van der Waals surface area contributed by atoms with E-state index < -0.39 is 27.8 Å². The van der Waals surface area contributed by atoms with Crippen LogP contribution in [0, 0.1) is 19.7 Å². The van der Waals surface area contributed by atoms with E-state index in [2.05, 4.69) is 0 Å². The van der Waals surface area contributed by atoms with Crippen molar-refractivity contribution in [2.45, 2.75) is 44.0 Å². The van der Waals surface area contributed by atoms with E-state index in [1.54, 1.807) is 13.0 Å². The van der Waals surface area contributed by atoms with Gasteiger partial charge in [0.2, 0.25) is 15.9 Å². The molecule has 7 nitrogen and oxygen atoms in total. The van der Waals surface area contributed by atoms with E-state index in [1.807, 2.05) is 24.0 Å². The molecule has 0 N–H and O–H groups in total. The van der Waals surface area contributed by atoms with Crippen molar-refractivity contribution in [2.24, 2.45) is 0 Å². The van der Waals surface area contributed by atoms with Crippen molar-refractivity contribution < 1.29 is 22.4 Å². The molecular formula is C25H30FN3O4S. The molecule has 0 saturated carbocycles. The van der Waals surface area contributed by atoms with Gasteiger partial charge in [-0.2, -0.15) is 4.31 Å². The molecule has 2 saturated heterocycles. The highest BCUT2D eigenvalue weighted by Gasteiger charge is 2.38. The van der Waals surface area contributed by atoms with Gasteiger partial charge in [0.25, 0.3) is 5.91 Å². The molecule has 1 unspecified atom stereocenters. The lowest BCUT2D eigenvalue weighted by Crippen LogP contribution is -2.56. The summed E-state index contributed by atoms with van der Waals surface area (Å²) < 4.78 is 41.2. The first-order chi connectivity index (χ1) is 16.2. The first-order valence-corrected chi connectivity index (χ1v) is 13.1. The van der Waals surface area contributed by atoms with Crippen molar-refractivity contribution in [3.63, 3.8) is 0 Å². The topological polar surface area (TPSA) is 78.0 Å². The van der Waals surface area contributed by atoms with Crippen LogP contribution in [-0.2, 0) is 14.8 Å². The number of imide groups is 1. The molecular weight excluding hydrogens is 457 g/mol. The number of hydrogen-bond donors (Lipinski definition) is 0. The Bertz CT molecular complexity index is 1180. The van der Waals surface area contributed by atoms with Gasteiger partial charge in [0.15, 0.2) is 0 Å². The highest BCUT2D eigenvalue weighted by Crippen LogP contribution is 2.25. The first kappa shape index (κ1) is 24.5. The Hall–Kier alpha value is -2.62. The molecule has 2 aromatic carbocycles. The smallest absolute Gasteiger partial charge is 0.260 e. The molecule has 2 amide bonds. The lowest BCUT2D eigenvalue weighted by atomic mass is 10.1. The van der Waals surface area contributed by atoms with Gasteiger partial charge < -0.3 is 0 Å². The van der Waals surface area contributed by atoms with Gasteiger partial charge in [-0.15, -0.1) is 0 Å². The van der Waals surface area contributed by atoms with Crippen molar-refractivity contribution in [3.8, 4) is 0 Å². The summed E-state index contributed by atoms with van der Waals surface area (Å²) in [6.45, 7) is 5.38. The SMILES string of the molecule is Cc1ccc(C)c(S(=O)(=O)N2CCN(C3CCCCN(C(=O)c4ccc(F)cc4)C3=O)CC2)c1. The Kier molecular flexibility index (Phi) is 7.16. The van der Waals surface area contributed by atoms with E-state index >= 15 is 0 Å². The molecule has 2 heterocycles. The molecule has 2 aliphatic heterocycles. The van der Waals surface area contributed by atoms with Crippen LogP contribution in [0.4, 0.5) is 4.39 Å². The van der Waals surface area contributed by atoms with Gasteiger partial charge >= 0.3 is 0 Å². The van der Waals surface area contributed by atoms with Crippen molar-refractivity contribution in [2.75, 3.05) is 32.7 Å². The Morgan fingerprint density at radius 2 is 1.62 bits per heavy atom. The van der Waals surface area contributed by atoms with E-state index in [0.29, 0.717) is 42.9 Å². The normalized spacial score (nSPS) is 20.9. The van der Waals surface area contributed by atoms with Crippen LogP contribution < -0.4 is 0 Å². The Balaban J connectivity index is 1.47. The van der Waals surface area contributed by atoms with E-state index in [9.17, 15) is 22.4 Å². The summed E-state index contributed by atoms with van der Waals surface area (Å²) in [7, 11) is -3.63. The molecule has 2 fully saturated rings. The number of carbonyl (C=O) groups excluding carboxylic acids is 2. The van der Waals surface area contributed by atoms with Crippen molar-refractivity contribution in [1.29, 1.82) is 0 Å². The number of hydrogen-bond acceptors (Lipinski definition) is 5. The third-order valence-corrected chi connectivity index (χ3v) is 8.71. The van der Waals surface area contributed by atoms with E-state index in [4.69, 9.17) is 0 Å². The van der Waals surface area contributed by atoms with Gasteiger partial charge in [-0.1, -0.05) is 12.1 Å². The predicted octanol–water partition coefficient (Wildman–Crippen LogP) is 2.97. The largest absolute Gasteiger partial charge is 0.289 e. The average Bonchev–Trinajstić information content (AvgIpc) is 3.02. The molecule has 2 aromatic rings. The lowest BCUT2D eigenvalue weighted by molar-refractivity contribution is -0.134. The number of amides is 2. The number of halogens is 1. The molecule has 0 radical (unpaired) electrons. The number of sulfonamides is 1. The molecule has 182 valence electrons. The van der Waals surface area contributed by atoms with Gasteiger partial charge in [-0.3, -0.25) is 19.4 Å². The Morgan fingerprint density at radius 1 is 0.941 bits per heavy atom. The molecule has 1 atom stereocenters. The molecule has 0 aliphatic carbocycles. The summed E-state index contributed by atoms with van der Waals surface area (Å²) in [5.74, 6) is -1.13. The van der Waals surface area contributed by atoms with Crippen LogP contribution in [0.15, 0.2) is 47.4 Å². The van der Waals surface area contributed by atoms with Gasteiger partial charge in [-0.25, -0.2) is 12.8 Å². The highest BCUT2D eigenvalue weighted by molar-refractivity contribution is 7.89. The minimum Gasteiger partial charge on any atom is -0.289 e. The zero-order chi connectivity index (χ0) is 24.5. The van der Waals surface area contributed by atoms with E-state index in [-0.39, 0.29) is 24.6 Å². The van der Waals surface area contributed by atoms with Crippen LogP contribution in [0.3, 0.4) is 0 Å². The maximum atomic E-state index is 13.4. The third-order valence-electron chi connectivity index (χ3n) is 6.67. The van der Waals surface area contributed by atoms with Gasteiger partial charge in [0.1, 0.15) is 5.82 Å². The summed E-state index contributed by atoms with van der Waals surface area (Å²) >= 11 is 0. The summed E-state index contributed by atoms with van der Waals surface area (Å²) in [4.78, 5) is 29.9. The number of carbonyl (C=O) groups is 2. The molecule has 0 bridgehead atoms. The summed E-state index contributed by atoms with van der Waals surface area (Å²) in [6.07, 6.45) is 2.12. The predicted molar refractivity (Wildman–Crippen MR) is 126 cm³/mol. The van der Waals surface area contributed by atoms with Crippen LogP contribution in [0.1, 0.15) is 40.7 Å². The highest BCUT2D eigenvalue weighted by atomic mass is 32.2. The lowest BCUT2D eigenvalue weighted by Gasteiger charge is -2.38. The number of rotatable bonds is 4. The number of benzene rings is 2. The number of piperazine rings is 1. The fraction of sp³-hybridized carbons (Fsp3) is 0.440. The van der Waals surface area contributed by atoms with Crippen LogP contribution in [0.5, 0.6) is 0 Å². The van der Waals surface area contributed by atoms with Crippen LogP contribution in [-0.4, -0.2) is 73.1 Å². The molecule has 9 heteroatoms. The fourth-order valence-electron chi connectivity index (χ4n) is 4.69. The van der Waals surface area contributed by atoms with Gasteiger partial charge in [0, 0.05) is 38.3 Å².